The highest BCUT2D eigenvalue weighted by molar-refractivity contribution is 7.92. The fourth-order valence-electron chi connectivity index (χ4n) is 3.89. The zero-order chi connectivity index (χ0) is 27.6. The van der Waals surface area contributed by atoms with Crippen molar-refractivity contribution in [1.29, 1.82) is 0 Å². The molecule has 198 valence electrons. The Kier molecular flexibility index (Phi) is 7.05. The topological polar surface area (TPSA) is 146 Å². The van der Waals surface area contributed by atoms with Crippen LogP contribution in [-0.4, -0.2) is 38.5 Å². The third-order valence-electron chi connectivity index (χ3n) is 5.75. The van der Waals surface area contributed by atoms with Crippen LogP contribution in [0, 0.1) is 0 Å². The number of para-hydroxylation sites is 2. The molecule has 0 unspecified atom stereocenters. The van der Waals surface area contributed by atoms with E-state index in [0.717, 1.165) is 0 Å². The lowest BCUT2D eigenvalue weighted by Crippen LogP contribution is -2.16. The summed E-state index contributed by atoms with van der Waals surface area (Å²) in [6, 6.07) is 20.1. The van der Waals surface area contributed by atoms with Gasteiger partial charge >= 0.3 is 0 Å². The highest BCUT2D eigenvalue weighted by Gasteiger charge is 2.21. The number of nitrogens with zero attached hydrogens (tertiary/aromatic N) is 2. The maximum atomic E-state index is 13.5. The Hall–Kier alpha value is -4.68. The van der Waals surface area contributed by atoms with Crippen molar-refractivity contribution in [2.45, 2.75) is 4.90 Å². The summed E-state index contributed by atoms with van der Waals surface area (Å²) in [5, 5.41) is 4.86. The van der Waals surface area contributed by atoms with Crippen molar-refractivity contribution in [2.75, 3.05) is 24.3 Å². The van der Waals surface area contributed by atoms with Crippen LogP contribution < -0.4 is 25.2 Å². The van der Waals surface area contributed by atoms with Crippen LogP contribution in [0.25, 0.3) is 21.5 Å². The Labute approximate surface area is 228 Å². The number of methoxy groups -OCH3 is 2. The Balaban J connectivity index is 1.55. The van der Waals surface area contributed by atoms with Gasteiger partial charge in [0.15, 0.2) is 11.6 Å². The molecular weight excluding hydrogens is 538 g/mol. The predicted octanol–water partition coefficient (Wildman–Crippen LogP) is 5.02. The number of aromatic nitrogens is 2. The second-order valence-corrected chi connectivity index (χ2v) is 10.9. The molecule has 1 amide bonds. The number of nitrogens with one attached hydrogen (secondary N) is 2. The number of hydrogen-bond acceptors (Lipinski definition) is 9. The summed E-state index contributed by atoms with van der Waals surface area (Å²) >= 11 is 1.30. The second-order valence-electron chi connectivity index (χ2n) is 8.30. The Morgan fingerprint density at radius 2 is 1.54 bits per heavy atom. The van der Waals surface area contributed by atoms with Crippen molar-refractivity contribution in [3.63, 3.8) is 0 Å². The summed E-state index contributed by atoms with van der Waals surface area (Å²) in [4.78, 5) is 21.5. The zero-order valence-electron chi connectivity index (χ0n) is 20.8. The molecule has 0 saturated carbocycles. The smallest absolute Gasteiger partial charge is 0.263 e. The first-order valence-corrected chi connectivity index (χ1v) is 13.9. The number of nitrogens with two attached hydrogens (primary N) is 1. The van der Waals surface area contributed by atoms with Gasteiger partial charge in [0.05, 0.1) is 35.7 Å². The first kappa shape index (κ1) is 25.9. The number of hydrogen-bond donors (Lipinski definition) is 3. The number of sulfonamides is 1. The maximum absolute atomic E-state index is 13.5. The van der Waals surface area contributed by atoms with Gasteiger partial charge in [-0.05, 0) is 41.3 Å². The lowest BCUT2D eigenvalue weighted by Gasteiger charge is -2.15. The number of ether oxygens (including phenoxy) is 2. The molecule has 2 aromatic heterocycles. The van der Waals surface area contributed by atoms with Crippen molar-refractivity contribution < 1.29 is 22.7 Å². The number of fused-ring (bicyclic) bond motifs is 1. The summed E-state index contributed by atoms with van der Waals surface area (Å²) in [5.41, 5.74) is 7.97. The number of benzene rings is 3. The van der Waals surface area contributed by atoms with Crippen molar-refractivity contribution in [3.05, 3.63) is 83.7 Å². The average Bonchev–Trinajstić information content (AvgIpc) is 3.44. The van der Waals surface area contributed by atoms with Crippen LogP contribution in [0.5, 0.6) is 11.5 Å². The normalized spacial score (nSPS) is 11.2. The maximum Gasteiger partial charge on any atom is 0.263 e. The second kappa shape index (κ2) is 10.6. The van der Waals surface area contributed by atoms with Crippen molar-refractivity contribution in [3.8, 4) is 21.9 Å². The first-order chi connectivity index (χ1) is 18.8. The summed E-state index contributed by atoms with van der Waals surface area (Å²) < 4.78 is 40.4. The number of carbonyl (C=O) groups is 1. The van der Waals surface area contributed by atoms with E-state index < -0.39 is 15.9 Å². The lowest BCUT2D eigenvalue weighted by atomic mass is 10.1. The minimum absolute atomic E-state index is 0.00478. The Morgan fingerprint density at radius 3 is 2.18 bits per heavy atom. The van der Waals surface area contributed by atoms with E-state index in [0.29, 0.717) is 44.2 Å². The molecule has 4 N–H and O–H groups in total. The van der Waals surface area contributed by atoms with Gasteiger partial charge in [0.25, 0.3) is 10.0 Å². The molecule has 39 heavy (non-hydrogen) atoms. The predicted molar refractivity (Wildman–Crippen MR) is 151 cm³/mol. The van der Waals surface area contributed by atoms with Gasteiger partial charge < -0.3 is 20.5 Å². The van der Waals surface area contributed by atoms with Gasteiger partial charge in [0.1, 0.15) is 11.5 Å². The van der Waals surface area contributed by atoms with Gasteiger partial charge in [-0.3, -0.25) is 9.52 Å². The molecule has 0 aliphatic heterocycles. The van der Waals surface area contributed by atoms with Crippen molar-refractivity contribution in [1.82, 2.24) is 9.97 Å². The molecule has 5 rings (SSSR count). The van der Waals surface area contributed by atoms with E-state index in [2.05, 4.69) is 20.0 Å². The number of primary amides is 1. The van der Waals surface area contributed by atoms with E-state index in [1.54, 1.807) is 60.0 Å². The van der Waals surface area contributed by atoms with Gasteiger partial charge in [0, 0.05) is 28.8 Å². The van der Waals surface area contributed by atoms with Gasteiger partial charge in [-0.25, -0.2) is 18.4 Å². The SMILES string of the molecule is COc1cc(Nc2nc3ccccc3nc2NS(=O)(=O)c2cccc(-c3sccc3C(N)=O)c2)cc(OC)c1. The monoisotopic (exact) mass is 561 g/mol. The summed E-state index contributed by atoms with van der Waals surface area (Å²) in [6.07, 6.45) is 0. The molecule has 5 aromatic rings. The molecule has 2 heterocycles. The Morgan fingerprint density at radius 1 is 0.872 bits per heavy atom. The van der Waals surface area contributed by atoms with E-state index in [1.807, 2.05) is 6.07 Å². The van der Waals surface area contributed by atoms with Gasteiger partial charge in [-0.2, -0.15) is 0 Å². The van der Waals surface area contributed by atoms with E-state index in [-0.39, 0.29) is 16.5 Å². The Bertz CT molecular complexity index is 1780. The molecule has 0 fully saturated rings. The van der Waals surface area contributed by atoms with Crippen molar-refractivity contribution in [2.24, 2.45) is 5.73 Å². The highest BCUT2D eigenvalue weighted by Crippen LogP contribution is 2.33. The first-order valence-electron chi connectivity index (χ1n) is 11.5. The van der Waals surface area contributed by atoms with Crippen LogP contribution in [0.1, 0.15) is 10.4 Å². The summed E-state index contributed by atoms with van der Waals surface area (Å²) in [7, 11) is -1.06. The minimum Gasteiger partial charge on any atom is -0.497 e. The largest absolute Gasteiger partial charge is 0.497 e. The average molecular weight is 562 g/mol. The van der Waals surface area contributed by atoms with E-state index in [4.69, 9.17) is 15.2 Å². The molecule has 12 heteroatoms. The summed E-state index contributed by atoms with van der Waals surface area (Å²) in [5.74, 6) is 0.656. The minimum atomic E-state index is -4.12. The number of rotatable bonds is 9. The van der Waals surface area contributed by atoms with E-state index >= 15 is 0 Å². The molecule has 0 saturated heterocycles. The third kappa shape index (κ3) is 5.47. The van der Waals surface area contributed by atoms with Crippen LogP contribution in [-0.2, 0) is 10.0 Å². The number of anilines is 3. The highest BCUT2D eigenvalue weighted by atomic mass is 32.2. The molecule has 0 aliphatic carbocycles. The van der Waals surface area contributed by atoms with Gasteiger partial charge in [-0.1, -0.05) is 24.3 Å². The number of amides is 1. The molecule has 0 radical (unpaired) electrons. The molecule has 0 bridgehead atoms. The fourth-order valence-corrected chi connectivity index (χ4v) is 5.85. The zero-order valence-corrected chi connectivity index (χ0v) is 22.5. The van der Waals surface area contributed by atoms with Crippen LogP contribution in [0.15, 0.2) is 83.1 Å². The molecule has 0 spiro atoms. The van der Waals surface area contributed by atoms with Crippen LogP contribution in [0.3, 0.4) is 0 Å². The van der Waals surface area contributed by atoms with Crippen LogP contribution in [0.4, 0.5) is 17.3 Å². The molecule has 0 aliphatic rings. The standard InChI is InChI=1S/C27H23N5O5S2/c1-36-18-13-17(14-19(15-18)37-2)29-26-27(31-23-9-4-3-8-22(23)30-26)32-39(34,35)20-7-5-6-16(12-20)24-21(25(28)33)10-11-38-24/h3-15H,1-2H3,(H2,28,33)(H,29,30)(H,31,32). The van der Waals surface area contributed by atoms with Crippen LogP contribution in [0.2, 0.25) is 0 Å². The molecule has 0 atom stereocenters. The third-order valence-corrected chi connectivity index (χ3v) is 8.05. The van der Waals surface area contributed by atoms with Crippen LogP contribution >= 0.6 is 11.3 Å². The molecular formula is C27H23N5O5S2. The van der Waals surface area contributed by atoms with Gasteiger partial charge in [-0.15, -0.1) is 11.3 Å². The van der Waals surface area contributed by atoms with Crippen molar-refractivity contribution >= 4 is 55.6 Å². The summed E-state index contributed by atoms with van der Waals surface area (Å²) in [6.45, 7) is 0. The van der Waals surface area contributed by atoms with Gasteiger partial charge in [0.2, 0.25) is 5.91 Å². The molecule has 10 nitrogen and oxygen atoms in total. The number of thiophene rings is 1. The van der Waals surface area contributed by atoms with E-state index in [1.165, 1.54) is 37.7 Å². The van der Waals surface area contributed by atoms with E-state index in [9.17, 15) is 13.2 Å². The quantitative estimate of drug-likeness (QED) is 0.227. The fraction of sp³-hybridized carbons (Fsp3) is 0.0741. The molecule has 3 aromatic carbocycles. The number of carbonyl (C=O) groups excluding carboxylic acids is 1. The lowest BCUT2D eigenvalue weighted by molar-refractivity contribution is 0.100.